The van der Waals surface area contributed by atoms with Gasteiger partial charge in [-0.25, -0.2) is 27.2 Å². The maximum atomic E-state index is 13.8. The molecule has 6 N–H and O–H groups in total. The van der Waals surface area contributed by atoms with Gasteiger partial charge in [0.05, 0.1) is 11.7 Å². The molecule has 4 aromatic carbocycles. The fourth-order valence-electron chi connectivity index (χ4n) is 7.02. The summed E-state index contributed by atoms with van der Waals surface area (Å²) in [6.45, 7) is 16.7. The molecule has 6 rings (SSSR count). The van der Waals surface area contributed by atoms with Crippen LogP contribution in [0.15, 0.2) is 102 Å². The summed E-state index contributed by atoms with van der Waals surface area (Å²) in [7, 11) is 0. The first kappa shape index (κ1) is 50.7. The molecule has 2 aliphatic heterocycles. The van der Waals surface area contributed by atoms with E-state index >= 15 is 0 Å². The largest absolute Gasteiger partial charge is 0.351 e. The fraction of sp³-hybridized carbons (Fsp3) is 0.417. The van der Waals surface area contributed by atoms with E-state index in [4.69, 9.17) is 5.73 Å². The molecule has 2 heterocycles. The Balaban J connectivity index is 0.000000239. The number of benzene rings is 4. The minimum atomic E-state index is -0.859. The third-order valence-electron chi connectivity index (χ3n) is 10.6. The molecule has 4 atom stereocenters. The number of anilines is 1. The van der Waals surface area contributed by atoms with E-state index in [1.54, 1.807) is 0 Å². The van der Waals surface area contributed by atoms with Crippen molar-refractivity contribution >= 4 is 35.3 Å². The molecule has 344 valence electrons. The smallest absolute Gasteiger partial charge is 0.319 e. The summed E-state index contributed by atoms with van der Waals surface area (Å²) in [5.74, 6) is -3.15. The Bertz CT molecular complexity index is 2200. The van der Waals surface area contributed by atoms with E-state index in [1.165, 1.54) is 11.1 Å². The topological polar surface area (TPSA) is 161 Å². The molecule has 4 amide bonds. The SMILES string of the molecule is CC(C)(C)[C@H](N)C(=O)N[C@H]1CCN(Cc2ccccc2)C1.CC(C)(C)[C@H](NC(=O)Nc1cc(F)ccc1F)C(=O)N[C@H]1CCN(Cc2ccccc2)C1.O=C=Nc1cc(F)ccc1F. The van der Waals surface area contributed by atoms with Crippen molar-refractivity contribution < 1.29 is 36.7 Å². The number of nitrogens with one attached hydrogen (secondary N) is 4. The third-order valence-corrected chi connectivity index (χ3v) is 10.6. The second-order valence-electron chi connectivity index (χ2n) is 18.1. The molecular formula is C48H60F4N8O4. The van der Waals surface area contributed by atoms with Crippen LogP contribution in [0.1, 0.15) is 65.5 Å². The molecular weight excluding hydrogens is 829 g/mol. The van der Waals surface area contributed by atoms with Crippen molar-refractivity contribution in [2.24, 2.45) is 21.6 Å². The lowest BCUT2D eigenvalue weighted by atomic mass is 9.86. The molecule has 16 heteroatoms. The molecule has 0 radical (unpaired) electrons. The third kappa shape index (κ3) is 16.6. The summed E-state index contributed by atoms with van der Waals surface area (Å²) in [5.41, 5.74) is 7.12. The van der Waals surface area contributed by atoms with E-state index in [0.717, 1.165) is 94.6 Å². The number of hydrogen-bond donors (Lipinski definition) is 5. The number of halogens is 4. The highest BCUT2D eigenvalue weighted by Gasteiger charge is 2.35. The first-order valence-electron chi connectivity index (χ1n) is 21.2. The van der Waals surface area contributed by atoms with E-state index < -0.39 is 46.8 Å². The molecule has 0 aromatic heterocycles. The van der Waals surface area contributed by atoms with Crippen molar-refractivity contribution in [2.75, 3.05) is 31.5 Å². The minimum absolute atomic E-state index is 0.0263. The average molecular weight is 889 g/mol. The Hall–Kier alpha value is -5.93. The van der Waals surface area contributed by atoms with Crippen LogP contribution in [0.5, 0.6) is 0 Å². The summed E-state index contributed by atoms with van der Waals surface area (Å²) in [6.07, 6.45) is 2.93. The number of urea groups is 1. The first-order valence-corrected chi connectivity index (χ1v) is 21.2. The number of isocyanates is 1. The Morgan fingerprint density at radius 2 is 1.19 bits per heavy atom. The number of aliphatic imine (C=N–C) groups is 1. The van der Waals surface area contributed by atoms with E-state index in [0.29, 0.717) is 0 Å². The van der Waals surface area contributed by atoms with Gasteiger partial charge in [-0.1, -0.05) is 102 Å². The molecule has 2 aliphatic rings. The Kier molecular flexibility index (Phi) is 18.8. The van der Waals surface area contributed by atoms with E-state index in [9.17, 15) is 36.7 Å². The van der Waals surface area contributed by atoms with Crippen LogP contribution in [0.3, 0.4) is 0 Å². The highest BCUT2D eigenvalue weighted by Crippen LogP contribution is 2.23. The predicted octanol–water partition coefficient (Wildman–Crippen LogP) is 7.57. The summed E-state index contributed by atoms with van der Waals surface area (Å²) in [6, 6.07) is 24.1. The summed E-state index contributed by atoms with van der Waals surface area (Å²) in [5, 5.41) is 11.0. The highest BCUT2D eigenvalue weighted by atomic mass is 19.1. The number of likely N-dealkylation sites (tertiary alicyclic amines) is 2. The molecule has 0 unspecified atom stereocenters. The van der Waals surface area contributed by atoms with Crippen molar-refractivity contribution in [3.63, 3.8) is 0 Å². The van der Waals surface area contributed by atoms with Gasteiger partial charge >= 0.3 is 6.03 Å². The zero-order valence-electron chi connectivity index (χ0n) is 37.3. The van der Waals surface area contributed by atoms with Gasteiger partial charge in [0, 0.05) is 63.5 Å². The zero-order valence-corrected chi connectivity index (χ0v) is 37.3. The van der Waals surface area contributed by atoms with Gasteiger partial charge in [-0.05, 0) is 59.1 Å². The van der Waals surface area contributed by atoms with Gasteiger partial charge in [-0.3, -0.25) is 19.4 Å². The monoisotopic (exact) mass is 888 g/mol. The van der Waals surface area contributed by atoms with Gasteiger partial charge in [0.15, 0.2) is 0 Å². The maximum absolute atomic E-state index is 13.8. The molecule has 2 saturated heterocycles. The van der Waals surface area contributed by atoms with Crippen LogP contribution in [-0.4, -0.2) is 84.1 Å². The molecule has 2 fully saturated rings. The number of hydrogen-bond acceptors (Lipinski definition) is 8. The number of nitrogens with zero attached hydrogens (tertiary/aromatic N) is 3. The number of carbonyl (C=O) groups excluding carboxylic acids is 4. The van der Waals surface area contributed by atoms with E-state index in [1.807, 2.05) is 65.8 Å². The molecule has 0 spiro atoms. The Labute approximate surface area is 373 Å². The summed E-state index contributed by atoms with van der Waals surface area (Å²) < 4.78 is 52.0. The molecule has 0 aliphatic carbocycles. The standard InChI is InChI=1S/C24H30F2N4O2.C17H27N3O.C7H3F2NO/c1-24(2,3)21(29-23(32)28-20-13-17(25)9-10-19(20)26)22(31)27-18-11-12-30(15-18)14-16-7-5-4-6-8-16;1-17(2,3)15(18)16(21)19-14-9-10-20(12-14)11-13-7-5-4-6-8-13;8-5-1-2-6(9)7(3-5)10-4-11/h4-10,13,18,21H,11-12,14-15H2,1-3H3,(H,27,31)(H2,28,29,32);4-8,14-15H,9-12,18H2,1-3H3,(H,19,21);1-3H/t18-,21+;14-,15+;/m00./s1. The van der Waals surface area contributed by atoms with E-state index in [-0.39, 0.29) is 40.7 Å². The predicted molar refractivity (Wildman–Crippen MR) is 240 cm³/mol. The van der Waals surface area contributed by atoms with Crippen LogP contribution in [0.25, 0.3) is 0 Å². The second-order valence-corrected chi connectivity index (χ2v) is 18.1. The van der Waals surface area contributed by atoms with E-state index in [2.05, 4.69) is 72.5 Å². The van der Waals surface area contributed by atoms with Gasteiger partial charge in [0.1, 0.15) is 35.0 Å². The van der Waals surface area contributed by atoms with Crippen LogP contribution < -0.4 is 27.0 Å². The quantitative estimate of drug-likeness (QED) is 0.0590. The highest BCUT2D eigenvalue weighted by molar-refractivity contribution is 5.94. The van der Waals surface area contributed by atoms with Crippen LogP contribution in [-0.2, 0) is 27.5 Å². The molecule has 0 bridgehead atoms. The first-order chi connectivity index (χ1) is 30.2. The molecule has 12 nitrogen and oxygen atoms in total. The molecule has 0 saturated carbocycles. The number of rotatable bonds is 11. The molecule has 4 aromatic rings. The lowest BCUT2D eigenvalue weighted by Gasteiger charge is -2.31. The van der Waals surface area contributed by atoms with Crippen LogP contribution in [0, 0.1) is 34.1 Å². The second kappa shape index (κ2) is 23.7. The summed E-state index contributed by atoms with van der Waals surface area (Å²) >= 11 is 0. The van der Waals surface area contributed by atoms with Gasteiger partial charge in [-0.2, -0.15) is 4.99 Å². The average Bonchev–Trinajstić information content (AvgIpc) is 3.88. The maximum Gasteiger partial charge on any atom is 0.319 e. The van der Waals surface area contributed by atoms with Crippen molar-refractivity contribution in [3.05, 3.63) is 131 Å². The van der Waals surface area contributed by atoms with Gasteiger partial charge in [0.2, 0.25) is 17.9 Å². The van der Waals surface area contributed by atoms with Crippen molar-refractivity contribution in [1.82, 2.24) is 25.8 Å². The number of nitrogens with two attached hydrogens (primary N) is 1. The van der Waals surface area contributed by atoms with Crippen molar-refractivity contribution in [2.45, 2.75) is 91.6 Å². The Morgan fingerprint density at radius 1 is 0.703 bits per heavy atom. The van der Waals surface area contributed by atoms with Gasteiger partial charge in [-0.15, -0.1) is 0 Å². The lowest BCUT2D eigenvalue weighted by molar-refractivity contribution is -0.126. The van der Waals surface area contributed by atoms with Crippen LogP contribution >= 0.6 is 0 Å². The zero-order chi connectivity index (χ0) is 47.0. The fourth-order valence-corrected chi connectivity index (χ4v) is 7.02. The van der Waals surface area contributed by atoms with Crippen molar-refractivity contribution in [1.29, 1.82) is 0 Å². The number of carbonyl (C=O) groups is 3. The summed E-state index contributed by atoms with van der Waals surface area (Å²) in [4.78, 5) is 54.9. The van der Waals surface area contributed by atoms with Gasteiger partial charge < -0.3 is 27.0 Å². The van der Waals surface area contributed by atoms with Gasteiger partial charge in [0.25, 0.3) is 0 Å². The number of amides is 4. The lowest BCUT2D eigenvalue weighted by Crippen LogP contribution is -2.56. The van der Waals surface area contributed by atoms with Crippen LogP contribution in [0.2, 0.25) is 0 Å². The molecule has 64 heavy (non-hydrogen) atoms. The van der Waals surface area contributed by atoms with Crippen LogP contribution in [0.4, 0.5) is 33.7 Å². The minimum Gasteiger partial charge on any atom is -0.351 e. The van der Waals surface area contributed by atoms with Crippen molar-refractivity contribution in [3.8, 4) is 0 Å². The normalized spacial score (nSPS) is 17.3. The Morgan fingerprint density at radius 3 is 1.67 bits per heavy atom.